The fourth-order valence-electron chi connectivity index (χ4n) is 4.19. The van der Waals surface area contributed by atoms with E-state index in [1.54, 1.807) is 35.0 Å². The molecule has 11 heteroatoms. The third-order valence-corrected chi connectivity index (χ3v) is 5.72. The number of halogens is 3. The van der Waals surface area contributed by atoms with Crippen molar-refractivity contribution in [3.63, 3.8) is 0 Å². The second kappa shape index (κ2) is 9.70. The SMILES string of the molecule is CCn1nccc1C(=O)Nc1cccc(NC(=O)Cn2nc(C(F)(F)F)c3c2CCCCC3)c1. The van der Waals surface area contributed by atoms with Crippen LogP contribution in [0, 0.1) is 0 Å². The number of alkyl halides is 3. The molecule has 2 amide bonds. The van der Waals surface area contributed by atoms with Crippen molar-refractivity contribution in [3.05, 3.63) is 59.2 Å². The lowest BCUT2D eigenvalue weighted by Gasteiger charge is -2.11. The molecule has 0 saturated carbocycles. The Labute approximate surface area is 194 Å². The van der Waals surface area contributed by atoms with Gasteiger partial charge >= 0.3 is 6.18 Å². The number of aryl methyl sites for hydroxylation is 1. The van der Waals surface area contributed by atoms with Gasteiger partial charge in [-0.05, 0) is 56.9 Å². The molecule has 4 rings (SSSR count). The number of benzene rings is 1. The van der Waals surface area contributed by atoms with Gasteiger partial charge in [-0.3, -0.25) is 19.0 Å². The number of nitrogens with one attached hydrogen (secondary N) is 2. The predicted octanol–water partition coefficient (Wildman–Crippen LogP) is 4.28. The topological polar surface area (TPSA) is 93.8 Å². The van der Waals surface area contributed by atoms with Gasteiger partial charge in [0.15, 0.2) is 5.69 Å². The molecular formula is C23H25F3N6O2. The number of hydrogen-bond donors (Lipinski definition) is 2. The van der Waals surface area contributed by atoms with Gasteiger partial charge in [-0.1, -0.05) is 12.5 Å². The van der Waals surface area contributed by atoms with Crippen LogP contribution in [0.25, 0.3) is 0 Å². The fourth-order valence-corrected chi connectivity index (χ4v) is 4.19. The second-order valence-corrected chi connectivity index (χ2v) is 8.11. The highest BCUT2D eigenvalue weighted by molar-refractivity contribution is 6.03. The van der Waals surface area contributed by atoms with Crippen molar-refractivity contribution < 1.29 is 22.8 Å². The van der Waals surface area contributed by atoms with Crippen LogP contribution in [0.1, 0.15) is 53.6 Å². The molecule has 2 heterocycles. The Morgan fingerprint density at radius 3 is 2.50 bits per heavy atom. The van der Waals surface area contributed by atoms with Crippen LogP contribution in [0.4, 0.5) is 24.5 Å². The first-order chi connectivity index (χ1) is 16.3. The zero-order chi connectivity index (χ0) is 24.3. The number of amides is 2. The van der Waals surface area contributed by atoms with Crippen molar-refractivity contribution in [2.24, 2.45) is 0 Å². The summed E-state index contributed by atoms with van der Waals surface area (Å²) in [5.74, 6) is -0.849. The quantitative estimate of drug-likeness (QED) is 0.522. The maximum Gasteiger partial charge on any atom is 0.435 e. The highest BCUT2D eigenvalue weighted by atomic mass is 19.4. The van der Waals surface area contributed by atoms with Crippen LogP contribution in [0.2, 0.25) is 0 Å². The average molecular weight is 474 g/mol. The molecule has 0 unspecified atom stereocenters. The van der Waals surface area contributed by atoms with E-state index in [0.717, 1.165) is 12.8 Å². The molecule has 0 spiro atoms. The standard InChI is InChI=1S/C23H25F3N6O2/c1-2-31-19(11-12-27-31)22(34)29-16-8-6-7-15(13-16)28-20(33)14-32-18-10-5-3-4-9-17(18)21(30-32)23(24,25)26/h6-8,11-13H,2-5,9-10,14H2,1H3,(H,28,33)(H,29,34). The molecule has 180 valence electrons. The molecule has 0 bridgehead atoms. The monoisotopic (exact) mass is 474 g/mol. The molecular weight excluding hydrogens is 449 g/mol. The smallest absolute Gasteiger partial charge is 0.324 e. The fraction of sp³-hybridized carbons (Fsp3) is 0.391. The first-order valence-corrected chi connectivity index (χ1v) is 11.1. The Balaban J connectivity index is 1.47. The summed E-state index contributed by atoms with van der Waals surface area (Å²) < 4.78 is 43.2. The van der Waals surface area contributed by atoms with Crippen molar-refractivity contribution in [2.75, 3.05) is 10.6 Å². The Morgan fingerprint density at radius 1 is 1.03 bits per heavy atom. The molecule has 1 aromatic carbocycles. The molecule has 2 aromatic heterocycles. The summed E-state index contributed by atoms with van der Waals surface area (Å²) >= 11 is 0. The molecule has 1 aliphatic carbocycles. The third-order valence-electron chi connectivity index (χ3n) is 5.72. The van der Waals surface area contributed by atoms with Crippen LogP contribution < -0.4 is 10.6 Å². The molecule has 34 heavy (non-hydrogen) atoms. The normalized spacial score (nSPS) is 13.8. The zero-order valence-corrected chi connectivity index (χ0v) is 18.7. The van der Waals surface area contributed by atoms with Gasteiger partial charge in [0.05, 0.1) is 0 Å². The van der Waals surface area contributed by atoms with Gasteiger partial charge in [0.2, 0.25) is 5.91 Å². The minimum Gasteiger partial charge on any atom is -0.324 e. The summed E-state index contributed by atoms with van der Waals surface area (Å²) in [5, 5.41) is 13.3. The second-order valence-electron chi connectivity index (χ2n) is 8.11. The number of hydrogen-bond acceptors (Lipinski definition) is 4. The van der Waals surface area contributed by atoms with E-state index < -0.39 is 17.8 Å². The minimum atomic E-state index is -4.56. The first-order valence-electron chi connectivity index (χ1n) is 11.1. The van der Waals surface area contributed by atoms with Crippen LogP contribution >= 0.6 is 0 Å². The number of carbonyl (C=O) groups excluding carboxylic acids is 2. The minimum absolute atomic E-state index is 0.203. The van der Waals surface area contributed by atoms with Gasteiger partial charge in [-0.2, -0.15) is 23.4 Å². The molecule has 1 aliphatic rings. The number of nitrogens with zero attached hydrogens (tertiary/aromatic N) is 4. The highest BCUT2D eigenvalue weighted by Crippen LogP contribution is 2.35. The van der Waals surface area contributed by atoms with Gasteiger partial charge < -0.3 is 10.6 Å². The molecule has 3 aromatic rings. The molecule has 0 saturated heterocycles. The average Bonchev–Trinajstić information content (AvgIpc) is 3.31. The first kappa shape index (κ1) is 23.5. The van der Waals surface area contributed by atoms with Crippen molar-refractivity contribution in [3.8, 4) is 0 Å². The molecule has 2 N–H and O–H groups in total. The van der Waals surface area contributed by atoms with Crippen molar-refractivity contribution in [2.45, 2.75) is 58.3 Å². The Hall–Kier alpha value is -3.63. The molecule has 0 aliphatic heterocycles. The van der Waals surface area contributed by atoms with Gasteiger partial charge in [0.1, 0.15) is 12.2 Å². The van der Waals surface area contributed by atoms with Crippen LogP contribution in [-0.2, 0) is 36.9 Å². The van der Waals surface area contributed by atoms with E-state index in [1.165, 1.54) is 10.9 Å². The van der Waals surface area contributed by atoms with Crippen LogP contribution in [0.5, 0.6) is 0 Å². The number of fused-ring (bicyclic) bond motifs is 1. The van der Waals surface area contributed by atoms with Crippen molar-refractivity contribution in [1.29, 1.82) is 0 Å². The number of anilines is 2. The third kappa shape index (κ3) is 5.13. The van der Waals surface area contributed by atoms with E-state index in [9.17, 15) is 22.8 Å². The molecule has 0 radical (unpaired) electrons. The molecule has 8 nitrogen and oxygen atoms in total. The van der Waals surface area contributed by atoms with Gasteiger partial charge in [0, 0.05) is 35.4 Å². The van der Waals surface area contributed by atoms with E-state index in [2.05, 4.69) is 20.8 Å². The maximum atomic E-state index is 13.5. The summed E-state index contributed by atoms with van der Waals surface area (Å²) in [6.07, 6.45) is 0.0225. The summed E-state index contributed by atoms with van der Waals surface area (Å²) in [7, 11) is 0. The number of aromatic nitrogens is 4. The van der Waals surface area contributed by atoms with Gasteiger partial charge in [-0.25, -0.2) is 0 Å². The Kier molecular flexibility index (Phi) is 6.71. The van der Waals surface area contributed by atoms with Crippen LogP contribution in [-0.4, -0.2) is 31.4 Å². The van der Waals surface area contributed by atoms with E-state index in [1.807, 2.05) is 6.92 Å². The van der Waals surface area contributed by atoms with Gasteiger partial charge in [-0.15, -0.1) is 0 Å². The maximum absolute atomic E-state index is 13.5. The Bertz CT molecular complexity index is 1200. The number of rotatable bonds is 6. The highest BCUT2D eigenvalue weighted by Gasteiger charge is 2.39. The summed E-state index contributed by atoms with van der Waals surface area (Å²) in [5.41, 5.74) is 1.05. The lowest BCUT2D eigenvalue weighted by molar-refractivity contribution is -0.142. The molecule has 0 fully saturated rings. The van der Waals surface area contributed by atoms with E-state index in [0.29, 0.717) is 48.6 Å². The number of carbonyl (C=O) groups is 2. The Morgan fingerprint density at radius 2 is 1.76 bits per heavy atom. The van der Waals surface area contributed by atoms with Gasteiger partial charge in [0.25, 0.3) is 5.91 Å². The summed E-state index contributed by atoms with van der Waals surface area (Å²) in [6.45, 7) is 2.08. The van der Waals surface area contributed by atoms with Crippen molar-refractivity contribution in [1.82, 2.24) is 19.6 Å². The summed E-state index contributed by atoms with van der Waals surface area (Å²) in [4.78, 5) is 25.2. The lowest BCUT2D eigenvalue weighted by atomic mass is 10.1. The van der Waals surface area contributed by atoms with E-state index in [-0.39, 0.29) is 18.0 Å². The van der Waals surface area contributed by atoms with Crippen molar-refractivity contribution >= 4 is 23.2 Å². The van der Waals surface area contributed by atoms with E-state index >= 15 is 0 Å². The zero-order valence-electron chi connectivity index (χ0n) is 18.7. The lowest BCUT2D eigenvalue weighted by Crippen LogP contribution is -2.21. The van der Waals surface area contributed by atoms with E-state index in [4.69, 9.17) is 0 Å². The molecule has 0 atom stereocenters. The van der Waals surface area contributed by atoms with Crippen LogP contribution in [0.3, 0.4) is 0 Å². The van der Waals surface area contributed by atoms with Crippen LogP contribution in [0.15, 0.2) is 36.5 Å². The largest absolute Gasteiger partial charge is 0.435 e. The summed E-state index contributed by atoms with van der Waals surface area (Å²) in [6, 6.07) is 8.14. The predicted molar refractivity (Wildman–Crippen MR) is 119 cm³/mol.